The number of nitrogens with one attached hydrogen (secondary N) is 5. The van der Waals surface area contributed by atoms with Crippen LogP contribution in [0.4, 0.5) is 5.69 Å². The van der Waals surface area contributed by atoms with Crippen molar-refractivity contribution in [2.24, 2.45) is 5.92 Å². The van der Waals surface area contributed by atoms with Crippen molar-refractivity contribution in [1.29, 1.82) is 0 Å². The molecule has 2 saturated heterocycles. The summed E-state index contributed by atoms with van der Waals surface area (Å²) in [6.45, 7) is 0.845. The van der Waals surface area contributed by atoms with Crippen LogP contribution in [-0.4, -0.2) is 33.4 Å². The van der Waals surface area contributed by atoms with Gasteiger partial charge in [0.25, 0.3) is 5.91 Å². The number of fused-ring (bicyclic) bond motifs is 2. The maximum absolute atomic E-state index is 12.5. The third-order valence-corrected chi connectivity index (χ3v) is 6.66. The van der Waals surface area contributed by atoms with Crippen LogP contribution in [0.3, 0.4) is 0 Å². The van der Waals surface area contributed by atoms with E-state index in [0.717, 1.165) is 35.3 Å². The molecule has 2 aliphatic heterocycles. The molecule has 5 heterocycles. The Bertz CT molecular complexity index is 1260. The van der Waals surface area contributed by atoms with Gasteiger partial charge in [-0.3, -0.25) is 15.2 Å². The number of pyridine rings is 2. The van der Waals surface area contributed by atoms with Gasteiger partial charge in [0, 0.05) is 53.6 Å². The van der Waals surface area contributed by atoms with E-state index in [1.807, 2.05) is 42.7 Å². The van der Waals surface area contributed by atoms with Crippen LogP contribution in [0.1, 0.15) is 40.1 Å². The number of piperidine rings is 1. The van der Waals surface area contributed by atoms with E-state index in [-0.39, 0.29) is 18.0 Å². The monoisotopic (exact) mass is 439 g/mol. The fraction of sp³-hybridized carbons (Fsp3) is 0.240. The molecule has 0 saturated carbocycles. The normalized spacial score (nSPS) is 24.5. The van der Waals surface area contributed by atoms with Gasteiger partial charge in [0.15, 0.2) is 0 Å². The Morgan fingerprint density at radius 3 is 2.82 bits per heavy atom. The number of rotatable bonds is 4. The second kappa shape index (κ2) is 8.40. The number of amides is 1. The minimum atomic E-state index is -0.136. The Hall–Kier alpha value is -3.59. The van der Waals surface area contributed by atoms with Gasteiger partial charge < -0.3 is 15.6 Å². The molecule has 1 amide bonds. The van der Waals surface area contributed by atoms with E-state index in [2.05, 4.69) is 48.6 Å². The molecule has 33 heavy (non-hydrogen) atoms. The van der Waals surface area contributed by atoms with Crippen molar-refractivity contribution in [2.45, 2.75) is 24.5 Å². The lowest BCUT2D eigenvalue weighted by Crippen LogP contribution is -2.46. The van der Waals surface area contributed by atoms with Crippen molar-refractivity contribution in [2.75, 3.05) is 11.9 Å². The number of H-pyrrole nitrogens is 1. The Labute approximate surface area is 191 Å². The maximum Gasteiger partial charge on any atom is 0.255 e. The highest BCUT2D eigenvalue weighted by Crippen LogP contribution is 2.38. The zero-order chi connectivity index (χ0) is 22.2. The number of carbonyl (C=O) groups excluding carboxylic acids is 1. The van der Waals surface area contributed by atoms with Crippen molar-refractivity contribution >= 4 is 22.6 Å². The summed E-state index contributed by atoms with van der Waals surface area (Å²) in [4.78, 5) is 24.9. The predicted molar refractivity (Wildman–Crippen MR) is 126 cm³/mol. The van der Waals surface area contributed by atoms with E-state index < -0.39 is 0 Å². The summed E-state index contributed by atoms with van der Waals surface area (Å²) in [5.41, 5.74) is 11.4. The number of anilines is 1. The largest absolute Gasteiger partial charge is 0.342 e. The summed E-state index contributed by atoms with van der Waals surface area (Å²) in [7, 11) is 0. The summed E-state index contributed by atoms with van der Waals surface area (Å²) in [6.07, 6.45) is 6.32. The van der Waals surface area contributed by atoms with Crippen LogP contribution in [-0.2, 0) is 0 Å². The van der Waals surface area contributed by atoms with Crippen molar-refractivity contribution in [3.8, 4) is 0 Å². The second-order valence-electron chi connectivity index (χ2n) is 8.73. The number of benzene rings is 1. The van der Waals surface area contributed by atoms with E-state index >= 15 is 0 Å². The third kappa shape index (κ3) is 3.89. The Kier molecular flexibility index (Phi) is 5.10. The van der Waals surface area contributed by atoms with Crippen LogP contribution in [0.25, 0.3) is 11.0 Å². The van der Waals surface area contributed by atoms with Crippen LogP contribution in [0.5, 0.6) is 0 Å². The molecule has 4 atom stereocenters. The van der Waals surface area contributed by atoms with Gasteiger partial charge in [-0.05, 0) is 48.4 Å². The molecule has 0 aliphatic carbocycles. The van der Waals surface area contributed by atoms with Gasteiger partial charge in [0.2, 0.25) is 0 Å². The molecule has 6 rings (SSSR count). The number of hydrogen-bond donors (Lipinski definition) is 5. The summed E-state index contributed by atoms with van der Waals surface area (Å²) in [5.74, 6) is 0.259. The lowest BCUT2D eigenvalue weighted by Gasteiger charge is -2.34. The average molecular weight is 440 g/mol. The van der Waals surface area contributed by atoms with Gasteiger partial charge in [0.05, 0.1) is 17.9 Å². The number of carbonyl (C=O) groups is 1. The molecule has 8 heteroatoms. The zero-order valence-electron chi connectivity index (χ0n) is 18.0. The molecule has 2 aliphatic rings. The van der Waals surface area contributed by atoms with Gasteiger partial charge in [-0.25, -0.2) is 10.4 Å². The number of hydrogen-bond acceptors (Lipinski definition) is 6. The molecule has 4 unspecified atom stereocenters. The molecule has 0 bridgehead atoms. The van der Waals surface area contributed by atoms with Crippen LogP contribution in [0, 0.1) is 5.92 Å². The third-order valence-electron chi connectivity index (χ3n) is 6.66. The molecule has 0 radical (unpaired) electrons. The molecule has 166 valence electrons. The summed E-state index contributed by atoms with van der Waals surface area (Å²) in [5, 5.41) is 7.73. The number of aromatic nitrogens is 3. The Morgan fingerprint density at radius 2 is 1.94 bits per heavy atom. The molecule has 1 aromatic carbocycles. The average Bonchev–Trinajstić information content (AvgIpc) is 3.48. The van der Waals surface area contributed by atoms with Crippen LogP contribution >= 0.6 is 0 Å². The SMILES string of the molecule is O=C(Nc1cncc(C2CC3C(CN2)NNC3c2cc3cccnc3[nH]2)c1)c1ccccc1. The molecule has 0 spiro atoms. The van der Waals surface area contributed by atoms with Crippen LogP contribution in [0.2, 0.25) is 0 Å². The van der Waals surface area contributed by atoms with E-state index in [9.17, 15) is 4.79 Å². The molecule has 3 aromatic heterocycles. The number of aromatic amines is 1. The molecule has 4 aromatic rings. The van der Waals surface area contributed by atoms with Crippen molar-refractivity contribution in [3.63, 3.8) is 0 Å². The molecule has 8 nitrogen and oxygen atoms in total. The fourth-order valence-electron chi connectivity index (χ4n) is 4.99. The first-order valence-electron chi connectivity index (χ1n) is 11.2. The van der Waals surface area contributed by atoms with E-state index in [0.29, 0.717) is 23.2 Å². The maximum atomic E-state index is 12.5. The topological polar surface area (TPSA) is 107 Å². The number of nitrogens with zero attached hydrogens (tertiary/aromatic N) is 2. The van der Waals surface area contributed by atoms with E-state index in [4.69, 9.17) is 0 Å². The Morgan fingerprint density at radius 1 is 1.03 bits per heavy atom. The Balaban J connectivity index is 1.20. The van der Waals surface area contributed by atoms with Crippen LogP contribution in [0.15, 0.2) is 73.2 Å². The minimum absolute atomic E-state index is 0.136. The summed E-state index contributed by atoms with van der Waals surface area (Å²) >= 11 is 0. The fourth-order valence-corrected chi connectivity index (χ4v) is 4.99. The first-order chi connectivity index (χ1) is 16.2. The lowest BCUT2D eigenvalue weighted by atomic mass is 9.81. The second-order valence-corrected chi connectivity index (χ2v) is 8.73. The summed E-state index contributed by atoms with van der Waals surface area (Å²) in [6, 6.07) is 18.1. The van der Waals surface area contributed by atoms with Gasteiger partial charge in [-0.1, -0.05) is 18.2 Å². The van der Waals surface area contributed by atoms with E-state index in [1.54, 1.807) is 18.3 Å². The van der Waals surface area contributed by atoms with Crippen LogP contribution < -0.4 is 21.5 Å². The van der Waals surface area contributed by atoms with Crippen molar-refractivity contribution in [1.82, 2.24) is 31.1 Å². The van der Waals surface area contributed by atoms with Gasteiger partial charge in [0.1, 0.15) is 5.65 Å². The van der Waals surface area contributed by atoms with Gasteiger partial charge >= 0.3 is 0 Å². The van der Waals surface area contributed by atoms with E-state index in [1.165, 1.54) is 0 Å². The molecule has 5 N–H and O–H groups in total. The molecular formula is C25H25N7O. The first kappa shape index (κ1) is 20.0. The number of hydrazine groups is 1. The quantitative estimate of drug-likeness (QED) is 0.335. The standard InChI is InChI=1S/C25H25N7O/c33-25(15-5-2-1-3-6-15)29-18-9-17(12-26-13-18)20-11-19-22(14-28-20)31-32-23(19)21-10-16-7-4-8-27-24(16)30-21/h1-10,12-13,19-20,22-23,28,31-32H,11,14H2,(H,27,30)(H,29,33). The first-order valence-corrected chi connectivity index (χ1v) is 11.2. The highest BCUT2D eigenvalue weighted by Gasteiger charge is 2.42. The summed E-state index contributed by atoms with van der Waals surface area (Å²) < 4.78 is 0. The molecule has 2 fully saturated rings. The highest BCUT2D eigenvalue weighted by atomic mass is 16.1. The zero-order valence-corrected chi connectivity index (χ0v) is 18.0. The minimum Gasteiger partial charge on any atom is -0.342 e. The van der Waals surface area contributed by atoms with Crippen molar-refractivity contribution in [3.05, 3.63) is 90.0 Å². The predicted octanol–water partition coefficient (Wildman–Crippen LogP) is 3.08. The van der Waals surface area contributed by atoms with Gasteiger partial charge in [-0.2, -0.15) is 0 Å². The van der Waals surface area contributed by atoms with Gasteiger partial charge in [-0.15, -0.1) is 0 Å². The smallest absolute Gasteiger partial charge is 0.255 e. The molecular weight excluding hydrogens is 414 g/mol. The lowest BCUT2D eigenvalue weighted by molar-refractivity contribution is 0.102. The van der Waals surface area contributed by atoms with Crippen molar-refractivity contribution < 1.29 is 4.79 Å². The highest BCUT2D eigenvalue weighted by molar-refractivity contribution is 6.04.